The van der Waals surface area contributed by atoms with Crippen LogP contribution in [0.25, 0.3) is 28.0 Å². The van der Waals surface area contributed by atoms with Gasteiger partial charge in [-0.2, -0.15) is 0 Å². The van der Waals surface area contributed by atoms with Crippen LogP contribution in [0, 0.1) is 11.7 Å². The molecule has 2 aliphatic heterocycles. The second-order valence-corrected chi connectivity index (χ2v) is 9.42. The largest absolute Gasteiger partial charge is 0.385 e. The lowest BCUT2D eigenvalue weighted by Crippen LogP contribution is -2.44. The number of pyridine rings is 1. The van der Waals surface area contributed by atoms with E-state index in [0.29, 0.717) is 23.7 Å². The number of nitrogens with two attached hydrogens (primary N) is 1. The minimum Gasteiger partial charge on any atom is -0.385 e. The Kier molecular flexibility index (Phi) is 6.00. The number of rotatable bonds is 4. The maximum Gasteiger partial charge on any atom is 0.144 e. The predicted octanol–water partition coefficient (Wildman–Crippen LogP) is 5.11. The van der Waals surface area contributed by atoms with Crippen molar-refractivity contribution in [2.75, 3.05) is 36.9 Å². The van der Waals surface area contributed by atoms with Gasteiger partial charge in [0, 0.05) is 48.3 Å². The van der Waals surface area contributed by atoms with Crippen molar-refractivity contribution < 1.29 is 9.13 Å². The lowest BCUT2D eigenvalue weighted by molar-refractivity contribution is 0.0114. The Morgan fingerprint density at radius 3 is 2.68 bits per heavy atom. The van der Waals surface area contributed by atoms with E-state index in [-0.39, 0.29) is 17.7 Å². The van der Waals surface area contributed by atoms with Crippen molar-refractivity contribution in [3.63, 3.8) is 0 Å². The molecule has 6 heteroatoms. The van der Waals surface area contributed by atoms with Crippen molar-refractivity contribution in [2.45, 2.75) is 26.4 Å². The van der Waals surface area contributed by atoms with E-state index in [1.165, 1.54) is 6.20 Å². The van der Waals surface area contributed by atoms with Crippen LogP contribution >= 0.6 is 0 Å². The summed E-state index contributed by atoms with van der Waals surface area (Å²) in [5, 5.41) is 3.27. The lowest BCUT2D eigenvalue weighted by atomic mass is 9.92. The Morgan fingerprint density at radius 2 is 1.91 bits per heavy atom. The van der Waals surface area contributed by atoms with Crippen LogP contribution in [0.5, 0.6) is 0 Å². The van der Waals surface area contributed by atoms with Gasteiger partial charge in [-0.25, -0.2) is 9.37 Å². The maximum atomic E-state index is 15.8. The molecule has 3 N–H and O–H groups in total. The average molecular weight is 459 g/mol. The van der Waals surface area contributed by atoms with Gasteiger partial charge >= 0.3 is 0 Å². The summed E-state index contributed by atoms with van der Waals surface area (Å²) in [6.07, 6.45) is 2.60. The fourth-order valence-corrected chi connectivity index (χ4v) is 4.84. The number of ether oxygens (including phenoxy) is 1. The van der Waals surface area contributed by atoms with Crippen molar-refractivity contribution in [1.82, 2.24) is 10.3 Å². The molecule has 5 nitrogen and oxygen atoms in total. The van der Waals surface area contributed by atoms with Gasteiger partial charge in [0.05, 0.1) is 18.3 Å². The Morgan fingerprint density at radius 1 is 1.15 bits per heavy atom. The molecule has 3 aromatic rings. The monoisotopic (exact) mass is 458 g/mol. The number of anilines is 2. The summed E-state index contributed by atoms with van der Waals surface area (Å²) in [6, 6.07) is 13.9. The smallest absolute Gasteiger partial charge is 0.144 e. The van der Waals surface area contributed by atoms with Gasteiger partial charge in [0.2, 0.25) is 0 Å². The van der Waals surface area contributed by atoms with Crippen LogP contribution in [0.1, 0.15) is 25.0 Å². The summed E-state index contributed by atoms with van der Waals surface area (Å²) in [5.41, 5.74) is 12.7. The van der Waals surface area contributed by atoms with E-state index in [9.17, 15) is 0 Å². The molecule has 2 aromatic carbocycles. The summed E-state index contributed by atoms with van der Waals surface area (Å²) in [7, 11) is 0. The number of hydrogen-bond acceptors (Lipinski definition) is 5. The van der Waals surface area contributed by atoms with Crippen LogP contribution in [0.3, 0.4) is 0 Å². The van der Waals surface area contributed by atoms with E-state index in [1.807, 2.05) is 42.5 Å². The van der Waals surface area contributed by atoms with Gasteiger partial charge in [-0.1, -0.05) is 50.8 Å². The number of nitrogens with zero attached hydrogens (tertiary/aromatic N) is 2. The van der Waals surface area contributed by atoms with Gasteiger partial charge < -0.3 is 20.7 Å². The predicted molar refractivity (Wildman–Crippen MR) is 137 cm³/mol. The van der Waals surface area contributed by atoms with Gasteiger partial charge in [-0.3, -0.25) is 0 Å². The number of nitrogens with one attached hydrogen (secondary N) is 1. The summed E-state index contributed by atoms with van der Waals surface area (Å²) in [4.78, 5) is 6.67. The molecule has 34 heavy (non-hydrogen) atoms. The fraction of sp³-hybridized carbons (Fsp3) is 0.321. The van der Waals surface area contributed by atoms with Gasteiger partial charge in [0.25, 0.3) is 0 Å². The molecule has 3 heterocycles. The SMILES string of the molecule is C=C1NCCc2cc(-c3c(N)ncc(-c4ccc(N5CCOC(C(C)C)C5)cc4)c3F)ccc21. The van der Waals surface area contributed by atoms with Gasteiger partial charge in [-0.15, -0.1) is 0 Å². The summed E-state index contributed by atoms with van der Waals surface area (Å²) in [5.74, 6) is 0.311. The Labute approximate surface area is 200 Å². The summed E-state index contributed by atoms with van der Waals surface area (Å²) in [6.45, 7) is 11.7. The molecule has 176 valence electrons. The topological polar surface area (TPSA) is 63.4 Å². The molecular formula is C28H31FN4O. The second kappa shape index (κ2) is 9.11. The van der Waals surface area contributed by atoms with Crippen LogP contribution in [0.4, 0.5) is 15.9 Å². The standard InChI is InChI=1S/C28H31FN4O/c1-17(2)25-16-33(12-13-34-25)22-7-4-19(5-8-22)24-15-32-28(30)26(27(24)29)21-6-9-23-18(3)31-11-10-20(23)14-21/h4-9,14-15,17,25,31H,3,10-13,16H2,1-2H3,(H2,30,32). The Bertz CT molecular complexity index is 1220. The van der Waals surface area contributed by atoms with Crippen LogP contribution in [-0.4, -0.2) is 37.3 Å². The number of aromatic nitrogens is 1. The van der Waals surface area contributed by atoms with Crippen LogP contribution in [0.15, 0.2) is 55.2 Å². The third-order valence-electron chi connectivity index (χ3n) is 6.88. The van der Waals surface area contributed by atoms with Gasteiger partial charge in [0.1, 0.15) is 11.6 Å². The first kappa shape index (κ1) is 22.4. The number of halogens is 1. The highest BCUT2D eigenvalue weighted by atomic mass is 19.1. The van der Waals surface area contributed by atoms with E-state index in [1.54, 1.807) is 0 Å². The first-order valence-corrected chi connectivity index (χ1v) is 11.9. The van der Waals surface area contributed by atoms with E-state index in [0.717, 1.165) is 59.7 Å². The van der Waals surface area contributed by atoms with E-state index >= 15 is 4.39 Å². The van der Waals surface area contributed by atoms with Crippen molar-refractivity contribution in [2.24, 2.45) is 5.92 Å². The maximum absolute atomic E-state index is 15.8. The Hall–Kier alpha value is -3.38. The van der Waals surface area contributed by atoms with Gasteiger partial charge in [-0.05, 0) is 41.2 Å². The highest BCUT2D eigenvalue weighted by Gasteiger charge is 2.24. The average Bonchev–Trinajstić information content (AvgIpc) is 2.84. The number of fused-ring (bicyclic) bond motifs is 1. The lowest BCUT2D eigenvalue weighted by Gasteiger charge is -2.36. The van der Waals surface area contributed by atoms with E-state index < -0.39 is 0 Å². The second-order valence-electron chi connectivity index (χ2n) is 9.42. The van der Waals surface area contributed by atoms with Gasteiger partial charge in [0.15, 0.2) is 0 Å². The molecule has 0 spiro atoms. The first-order valence-electron chi connectivity index (χ1n) is 11.9. The quantitative estimate of drug-likeness (QED) is 0.569. The third kappa shape index (κ3) is 4.14. The molecule has 1 fully saturated rings. The van der Waals surface area contributed by atoms with E-state index in [4.69, 9.17) is 10.5 Å². The minimum absolute atomic E-state index is 0.193. The summed E-state index contributed by atoms with van der Waals surface area (Å²) < 4.78 is 21.7. The molecule has 2 aliphatic rings. The minimum atomic E-state index is -0.348. The number of morpholine rings is 1. The van der Waals surface area contributed by atoms with Crippen LogP contribution in [0.2, 0.25) is 0 Å². The zero-order valence-electron chi connectivity index (χ0n) is 19.8. The molecule has 5 rings (SSSR count). The summed E-state index contributed by atoms with van der Waals surface area (Å²) >= 11 is 0. The molecule has 1 aromatic heterocycles. The zero-order chi connectivity index (χ0) is 23.8. The molecule has 1 atom stereocenters. The first-order chi connectivity index (χ1) is 16.4. The molecule has 1 saturated heterocycles. The number of benzene rings is 2. The third-order valence-corrected chi connectivity index (χ3v) is 6.88. The van der Waals surface area contributed by atoms with Crippen molar-refractivity contribution in [3.05, 3.63) is 72.2 Å². The Balaban J connectivity index is 1.46. The molecular weight excluding hydrogens is 427 g/mol. The highest BCUT2D eigenvalue weighted by molar-refractivity contribution is 5.82. The zero-order valence-corrected chi connectivity index (χ0v) is 19.8. The molecule has 0 radical (unpaired) electrons. The number of hydrogen-bond donors (Lipinski definition) is 2. The molecule has 0 aliphatic carbocycles. The fourth-order valence-electron chi connectivity index (χ4n) is 4.84. The van der Waals surface area contributed by atoms with Crippen LogP contribution < -0.4 is 16.0 Å². The van der Waals surface area contributed by atoms with Crippen molar-refractivity contribution in [3.8, 4) is 22.3 Å². The van der Waals surface area contributed by atoms with Crippen molar-refractivity contribution in [1.29, 1.82) is 0 Å². The molecule has 0 saturated carbocycles. The van der Waals surface area contributed by atoms with Crippen molar-refractivity contribution >= 4 is 17.2 Å². The highest BCUT2D eigenvalue weighted by Crippen LogP contribution is 2.36. The van der Waals surface area contributed by atoms with Crippen LogP contribution in [-0.2, 0) is 11.2 Å². The number of nitrogen functional groups attached to an aromatic ring is 1. The molecule has 0 bridgehead atoms. The van der Waals surface area contributed by atoms with E-state index in [2.05, 4.69) is 35.6 Å². The normalized spacial score (nSPS) is 18.1. The molecule has 1 unspecified atom stereocenters. The molecule has 0 amide bonds.